The molecule has 21 heavy (non-hydrogen) atoms. The van der Waals surface area contributed by atoms with Crippen LogP contribution in [-0.4, -0.2) is 30.6 Å². The third-order valence-corrected chi connectivity index (χ3v) is 4.72. The van der Waals surface area contributed by atoms with Crippen molar-refractivity contribution in [1.82, 2.24) is 10.2 Å². The van der Waals surface area contributed by atoms with E-state index in [1.807, 2.05) is 0 Å². The molecule has 0 bridgehead atoms. The fraction of sp³-hybridized carbons (Fsp3) is 0.684. The van der Waals surface area contributed by atoms with Crippen LogP contribution in [0.5, 0.6) is 0 Å². The molecule has 0 heterocycles. The van der Waals surface area contributed by atoms with Gasteiger partial charge in [0.1, 0.15) is 0 Å². The molecule has 0 spiro atoms. The first kappa shape index (κ1) is 15.1. The summed E-state index contributed by atoms with van der Waals surface area (Å²) < 4.78 is 0. The molecule has 2 nitrogen and oxygen atoms in total. The van der Waals surface area contributed by atoms with Crippen LogP contribution in [0.25, 0.3) is 0 Å². The molecule has 116 valence electrons. The van der Waals surface area contributed by atoms with Gasteiger partial charge >= 0.3 is 0 Å². The molecule has 0 radical (unpaired) electrons. The Kier molecular flexibility index (Phi) is 4.97. The molecule has 2 aliphatic rings. The minimum Gasteiger partial charge on any atom is -0.313 e. The van der Waals surface area contributed by atoms with Crippen LogP contribution in [0, 0.1) is 11.8 Å². The largest absolute Gasteiger partial charge is 0.313 e. The third kappa shape index (κ3) is 4.82. The van der Waals surface area contributed by atoms with Gasteiger partial charge in [0.15, 0.2) is 0 Å². The van der Waals surface area contributed by atoms with Gasteiger partial charge in [-0.1, -0.05) is 44.2 Å². The molecule has 0 aromatic heterocycles. The second-order valence-corrected chi connectivity index (χ2v) is 7.33. The lowest BCUT2D eigenvalue weighted by Crippen LogP contribution is -2.40. The molecule has 3 rings (SSSR count). The Morgan fingerprint density at radius 3 is 2.05 bits per heavy atom. The van der Waals surface area contributed by atoms with Crippen molar-refractivity contribution in [2.75, 3.05) is 19.6 Å². The molecule has 1 unspecified atom stereocenters. The Balaban J connectivity index is 1.72. The molecule has 2 fully saturated rings. The number of benzene rings is 1. The summed E-state index contributed by atoms with van der Waals surface area (Å²) in [6.45, 7) is 8.16. The molecular formula is C19H30N2. The number of nitrogens with zero attached hydrogens (tertiary/aromatic N) is 1. The first-order valence-electron chi connectivity index (χ1n) is 8.74. The number of hydrogen-bond donors (Lipinski definition) is 1. The van der Waals surface area contributed by atoms with E-state index in [9.17, 15) is 0 Å². The van der Waals surface area contributed by atoms with E-state index in [1.165, 1.54) is 44.3 Å². The highest BCUT2D eigenvalue weighted by atomic mass is 15.2. The SMILES string of the molecule is CC(C)NCC(c1ccccc1)N(CC1CC1)CC1CC1. The van der Waals surface area contributed by atoms with Crippen LogP contribution < -0.4 is 5.32 Å². The van der Waals surface area contributed by atoms with E-state index in [1.54, 1.807) is 0 Å². The molecule has 1 atom stereocenters. The van der Waals surface area contributed by atoms with Gasteiger partial charge in [-0.3, -0.25) is 4.90 Å². The quantitative estimate of drug-likeness (QED) is 0.742. The highest BCUT2D eigenvalue weighted by Crippen LogP contribution is 2.37. The zero-order valence-electron chi connectivity index (χ0n) is 13.6. The van der Waals surface area contributed by atoms with Crippen LogP contribution in [0.4, 0.5) is 0 Å². The van der Waals surface area contributed by atoms with Gasteiger partial charge in [-0.25, -0.2) is 0 Å². The van der Waals surface area contributed by atoms with Gasteiger partial charge in [-0.2, -0.15) is 0 Å². The molecular weight excluding hydrogens is 256 g/mol. The van der Waals surface area contributed by atoms with E-state index in [-0.39, 0.29) is 0 Å². The lowest BCUT2D eigenvalue weighted by atomic mass is 10.0. The highest BCUT2D eigenvalue weighted by molar-refractivity contribution is 5.20. The number of hydrogen-bond acceptors (Lipinski definition) is 2. The maximum absolute atomic E-state index is 3.67. The third-order valence-electron chi connectivity index (χ3n) is 4.72. The van der Waals surface area contributed by atoms with Crippen molar-refractivity contribution in [3.63, 3.8) is 0 Å². The minimum absolute atomic E-state index is 0.537. The molecule has 0 aliphatic heterocycles. The van der Waals surface area contributed by atoms with Crippen LogP contribution in [0.3, 0.4) is 0 Å². The van der Waals surface area contributed by atoms with Crippen LogP contribution in [0.2, 0.25) is 0 Å². The van der Waals surface area contributed by atoms with Gasteiger partial charge in [-0.15, -0.1) is 0 Å². The van der Waals surface area contributed by atoms with Gasteiger partial charge in [0.05, 0.1) is 0 Å². The van der Waals surface area contributed by atoms with E-state index in [4.69, 9.17) is 0 Å². The summed E-state index contributed by atoms with van der Waals surface area (Å²) in [6.07, 6.45) is 5.78. The van der Waals surface area contributed by atoms with E-state index >= 15 is 0 Å². The van der Waals surface area contributed by atoms with Gasteiger partial charge in [0.2, 0.25) is 0 Å². The van der Waals surface area contributed by atoms with Crippen LogP contribution in [0.1, 0.15) is 51.1 Å². The Hall–Kier alpha value is -0.860. The van der Waals surface area contributed by atoms with E-state index in [0.29, 0.717) is 12.1 Å². The smallest absolute Gasteiger partial charge is 0.0472 e. The monoisotopic (exact) mass is 286 g/mol. The Morgan fingerprint density at radius 1 is 1.00 bits per heavy atom. The van der Waals surface area contributed by atoms with E-state index in [2.05, 4.69) is 54.4 Å². The normalized spacial score (nSPS) is 20.2. The molecule has 1 N–H and O–H groups in total. The van der Waals surface area contributed by atoms with Crippen molar-refractivity contribution in [1.29, 1.82) is 0 Å². The molecule has 2 heteroatoms. The van der Waals surface area contributed by atoms with Crippen molar-refractivity contribution in [3.8, 4) is 0 Å². The van der Waals surface area contributed by atoms with Crippen molar-refractivity contribution >= 4 is 0 Å². The van der Waals surface area contributed by atoms with E-state index in [0.717, 1.165) is 18.4 Å². The second kappa shape index (κ2) is 6.93. The summed E-state index contributed by atoms with van der Waals surface area (Å²) in [5, 5.41) is 3.67. The molecule has 2 aliphatic carbocycles. The Labute approximate surface area is 129 Å². The zero-order chi connectivity index (χ0) is 14.7. The predicted molar refractivity (Wildman–Crippen MR) is 89.3 cm³/mol. The summed E-state index contributed by atoms with van der Waals surface area (Å²) in [5.41, 5.74) is 1.48. The molecule has 1 aromatic rings. The first-order valence-corrected chi connectivity index (χ1v) is 8.74. The summed E-state index contributed by atoms with van der Waals surface area (Å²) in [7, 11) is 0. The summed E-state index contributed by atoms with van der Waals surface area (Å²) >= 11 is 0. The van der Waals surface area contributed by atoms with Gasteiger partial charge in [-0.05, 0) is 43.1 Å². The highest BCUT2D eigenvalue weighted by Gasteiger charge is 2.33. The van der Waals surface area contributed by atoms with Gasteiger partial charge < -0.3 is 5.32 Å². The topological polar surface area (TPSA) is 15.3 Å². The summed E-state index contributed by atoms with van der Waals surface area (Å²) in [6, 6.07) is 12.2. The molecule has 1 aromatic carbocycles. The standard InChI is InChI=1S/C19H30N2/c1-15(2)20-12-19(18-6-4-3-5-7-18)21(13-16-8-9-16)14-17-10-11-17/h3-7,15-17,19-20H,8-14H2,1-2H3. The summed E-state index contributed by atoms with van der Waals surface area (Å²) in [5.74, 6) is 1.93. The fourth-order valence-electron chi connectivity index (χ4n) is 3.07. The summed E-state index contributed by atoms with van der Waals surface area (Å²) in [4.78, 5) is 2.78. The van der Waals surface area contributed by atoms with Crippen molar-refractivity contribution in [2.45, 2.75) is 51.6 Å². The lowest BCUT2D eigenvalue weighted by Gasteiger charge is -2.33. The lowest BCUT2D eigenvalue weighted by molar-refractivity contribution is 0.174. The number of rotatable bonds is 9. The maximum Gasteiger partial charge on any atom is 0.0472 e. The van der Waals surface area contributed by atoms with Crippen molar-refractivity contribution < 1.29 is 0 Å². The molecule has 0 saturated heterocycles. The van der Waals surface area contributed by atoms with E-state index < -0.39 is 0 Å². The second-order valence-electron chi connectivity index (χ2n) is 7.33. The van der Waals surface area contributed by atoms with Gasteiger partial charge in [0, 0.05) is 31.7 Å². The minimum atomic E-state index is 0.537. The van der Waals surface area contributed by atoms with Gasteiger partial charge in [0.25, 0.3) is 0 Å². The van der Waals surface area contributed by atoms with Crippen LogP contribution >= 0.6 is 0 Å². The molecule has 2 saturated carbocycles. The predicted octanol–water partition coefficient (Wildman–Crippen LogP) is 3.85. The first-order chi connectivity index (χ1) is 10.2. The maximum atomic E-state index is 3.67. The van der Waals surface area contributed by atoms with Crippen molar-refractivity contribution in [3.05, 3.63) is 35.9 Å². The fourth-order valence-corrected chi connectivity index (χ4v) is 3.07. The average Bonchev–Trinajstić information content (AvgIpc) is 3.36. The van der Waals surface area contributed by atoms with Crippen LogP contribution in [-0.2, 0) is 0 Å². The number of nitrogens with one attached hydrogen (secondary N) is 1. The molecule has 0 amide bonds. The Morgan fingerprint density at radius 2 is 1.57 bits per heavy atom. The van der Waals surface area contributed by atoms with Crippen LogP contribution in [0.15, 0.2) is 30.3 Å². The average molecular weight is 286 g/mol. The zero-order valence-corrected chi connectivity index (χ0v) is 13.6. The van der Waals surface area contributed by atoms with Crippen molar-refractivity contribution in [2.24, 2.45) is 11.8 Å². The Bertz CT molecular complexity index is 406.